The van der Waals surface area contributed by atoms with Crippen molar-refractivity contribution in [2.24, 2.45) is 0 Å². The van der Waals surface area contributed by atoms with Gasteiger partial charge in [0.1, 0.15) is 11.5 Å². The molecule has 1 heterocycles. The number of nitrogens with one attached hydrogen (secondary N) is 2. The third kappa shape index (κ3) is 4.65. The van der Waals surface area contributed by atoms with Gasteiger partial charge in [0.25, 0.3) is 5.91 Å². The molecule has 3 aromatic rings. The molecule has 2 aromatic carbocycles. The van der Waals surface area contributed by atoms with Crippen molar-refractivity contribution in [3.05, 3.63) is 65.3 Å². The molecule has 0 spiro atoms. The first-order valence-corrected chi connectivity index (χ1v) is 8.36. The first-order chi connectivity index (χ1) is 13.1. The first kappa shape index (κ1) is 18.5. The average molecular weight is 385 g/mol. The summed E-state index contributed by atoms with van der Waals surface area (Å²) in [7, 11) is 3.15. The summed E-state index contributed by atoms with van der Waals surface area (Å²) in [6.45, 7) is 0. The van der Waals surface area contributed by atoms with E-state index in [1.807, 2.05) is 0 Å². The molecule has 1 aromatic heterocycles. The van der Waals surface area contributed by atoms with Crippen LogP contribution in [0.4, 0.5) is 17.2 Å². The van der Waals surface area contributed by atoms with Crippen LogP contribution in [0.5, 0.6) is 11.5 Å². The molecule has 0 atom stereocenters. The standard InChI is InChI=1S/C19H17ClN4O3/c1-26-14-6-7-15(17(11-14)27-2)22-18-9-8-16(23-24-18)19(25)21-13-5-3-4-12(20)10-13/h3-11H,1-2H3,(H,21,25)(H,22,24). The zero-order valence-corrected chi connectivity index (χ0v) is 15.4. The van der Waals surface area contributed by atoms with E-state index in [0.29, 0.717) is 33.7 Å². The number of carbonyl (C=O) groups is 1. The number of ether oxygens (including phenoxy) is 2. The molecule has 0 aliphatic heterocycles. The lowest BCUT2D eigenvalue weighted by molar-refractivity contribution is 0.102. The molecule has 3 rings (SSSR count). The molecular weight excluding hydrogens is 368 g/mol. The summed E-state index contributed by atoms with van der Waals surface area (Å²) in [6.07, 6.45) is 0. The smallest absolute Gasteiger partial charge is 0.276 e. The Labute approximate surface area is 161 Å². The van der Waals surface area contributed by atoms with E-state index < -0.39 is 0 Å². The number of rotatable bonds is 6. The van der Waals surface area contributed by atoms with Gasteiger partial charge in [0, 0.05) is 16.8 Å². The van der Waals surface area contributed by atoms with E-state index in [9.17, 15) is 4.79 Å². The van der Waals surface area contributed by atoms with Crippen LogP contribution in [0.15, 0.2) is 54.6 Å². The van der Waals surface area contributed by atoms with Crippen molar-refractivity contribution < 1.29 is 14.3 Å². The zero-order chi connectivity index (χ0) is 19.2. The minimum absolute atomic E-state index is 0.183. The van der Waals surface area contributed by atoms with Crippen LogP contribution >= 0.6 is 11.6 Å². The lowest BCUT2D eigenvalue weighted by Crippen LogP contribution is -2.14. The van der Waals surface area contributed by atoms with E-state index in [1.54, 1.807) is 68.8 Å². The van der Waals surface area contributed by atoms with Crippen LogP contribution in [-0.4, -0.2) is 30.3 Å². The molecule has 7 nitrogen and oxygen atoms in total. The van der Waals surface area contributed by atoms with Gasteiger partial charge in [0.15, 0.2) is 11.5 Å². The van der Waals surface area contributed by atoms with Crippen molar-refractivity contribution in [2.45, 2.75) is 0 Å². The summed E-state index contributed by atoms with van der Waals surface area (Å²) >= 11 is 5.91. The number of methoxy groups -OCH3 is 2. The molecule has 8 heteroatoms. The SMILES string of the molecule is COc1ccc(Nc2ccc(C(=O)Nc3cccc(Cl)c3)nn2)c(OC)c1. The van der Waals surface area contributed by atoms with E-state index in [2.05, 4.69) is 20.8 Å². The maximum atomic E-state index is 12.3. The molecule has 0 unspecified atom stereocenters. The van der Waals surface area contributed by atoms with Gasteiger partial charge in [-0.25, -0.2) is 0 Å². The summed E-state index contributed by atoms with van der Waals surface area (Å²) in [5.74, 6) is 1.37. The monoisotopic (exact) mass is 384 g/mol. The fourth-order valence-corrected chi connectivity index (χ4v) is 2.51. The maximum absolute atomic E-state index is 12.3. The molecule has 0 aliphatic rings. The lowest BCUT2D eigenvalue weighted by Gasteiger charge is -2.11. The van der Waals surface area contributed by atoms with Crippen LogP contribution in [0.3, 0.4) is 0 Å². The second-order valence-corrected chi connectivity index (χ2v) is 5.90. The van der Waals surface area contributed by atoms with E-state index in [1.165, 1.54) is 0 Å². The molecule has 0 radical (unpaired) electrons. The number of amides is 1. The number of hydrogen-bond donors (Lipinski definition) is 2. The number of halogens is 1. The summed E-state index contributed by atoms with van der Waals surface area (Å²) < 4.78 is 10.5. The summed E-state index contributed by atoms with van der Waals surface area (Å²) in [5.41, 5.74) is 1.46. The Hall–Kier alpha value is -3.32. The summed E-state index contributed by atoms with van der Waals surface area (Å²) in [4.78, 5) is 12.3. The molecule has 1 amide bonds. The largest absolute Gasteiger partial charge is 0.497 e. The minimum atomic E-state index is -0.377. The second kappa shape index (κ2) is 8.37. The van der Waals surface area contributed by atoms with Gasteiger partial charge in [0.05, 0.1) is 19.9 Å². The fraction of sp³-hybridized carbons (Fsp3) is 0.105. The molecule has 0 aliphatic carbocycles. The van der Waals surface area contributed by atoms with Gasteiger partial charge in [0.2, 0.25) is 0 Å². The molecule has 0 saturated carbocycles. The molecule has 27 heavy (non-hydrogen) atoms. The first-order valence-electron chi connectivity index (χ1n) is 7.99. The van der Waals surface area contributed by atoms with Gasteiger partial charge in [-0.05, 0) is 42.5 Å². The average Bonchev–Trinajstić information content (AvgIpc) is 2.69. The van der Waals surface area contributed by atoms with Gasteiger partial charge in [-0.15, -0.1) is 10.2 Å². The second-order valence-electron chi connectivity index (χ2n) is 5.46. The van der Waals surface area contributed by atoms with Gasteiger partial charge < -0.3 is 20.1 Å². The minimum Gasteiger partial charge on any atom is -0.497 e. The topological polar surface area (TPSA) is 85.4 Å². The predicted octanol–water partition coefficient (Wildman–Crippen LogP) is 4.14. The highest BCUT2D eigenvalue weighted by atomic mass is 35.5. The van der Waals surface area contributed by atoms with Crippen molar-refractivity contribution in [1.82, 2.24) is 10.2 Å². The Morgan fingerprint density at radius 3 is 2.52 bits per heavy atom. The van der Waals surface area contributed by atoms with E-state index in [-0.39, 0.29) is 11.6 Å². The normalized spacial score (nSPS) is 10.2. The highest BCUT2D eigenvalue weighted by Crippen LogP contribution is 2.30. The van der Waals surface area contributed by atoms with Gasteiger partial charge in [-0.3, -0.25) is 4.79 Å². The number of anilines is 3. The van der Waals surface area contributed by atoms with Crippen LogP contribution in [0.1, 0.15) is 10.5 Å². The number of carbonyl (C=O) groups excluding carboxylic acids is 1. The third-order valence-corrected chi connectivity index (χ3v) is 3.89. The zero-order valence-electron chi connectivity index (χ0n) is 14.7. The summed E-state index contributed by atoms with van der Waals surface area (Å²) in [6, 6.07) is 15.5. The van der Waals surface area contributed by atoms with Gasteiger partial charge >= 0.3 is 0 Å². The van der Waals surface area contributed by atoms with Crippen molar-refractivity contribution >= 4 is 34.7 Å². The number of nitrogens with zero attached hydrogens (tertiary/aromatic N) is 2. The molecule has 0 bridgehead atoms. The molecular formula is C19H17ClN4O3. The van der Waals surface area contributed by atoms with E-state index in [0.717, 1.165) is 0 Å². The number of aromatic nitrogens is 2. The Balaban J connectivity index is 1.71. The molecule has 2 N–H and O–H groups in total. The van der Waals surface area contributed by atoms with Crippen LogP contribution in [0.2, 0.25) is 5.02 Å². The Morgan fingerprint density at radius 1 is 1.00 bits per heavy atom. The van der Waals surface area contributed by atoms with Crippen LogP contribution in [0, 0.1) is 0 Å². The van der Waals surface area contributed by atoms with Crippen molar-refractivity contribution in [2.75, 3.05) is 24.9 Å². The van der Waals surface area contributed by atoms with Crippen molar-refractivity contribution in [3.8, 4) is 11.5 Å². The predicted molar refractivity (Wildman–Crippen MR) is 104 cm³/mol. The van der Waals surface area contributed by atoms with E-state index >= 15 is 0 Å². The van der Waals surface area contributed by atoms with Crippen LogP contribution < -0.4 is 20.1 Å². The van der Waals surface area contributed by atoms with Gasteiger partial charge in [-0.2, -0.15) is 0 Å². The van der Waals surface area contributed by atoms with Crippen molar-refractivity contribution in [3.63, 3.8) is 0 Å². The van der Waals surface area contributed by atoms with Gasteiger partial charge in [-0.1, -0.05) is 17.7 Å². The molecule has 0 fully saturated rings. The highest BCUT2D eigenvalue weighted by molar-refractivity contribution is 6.30. The lowest BCUT2D eigenvalue weighted by atomic mass is 10.2. The van der Waals surface area contributed by atoms with E-state index in [4.69, 9.17) is 21.1 Å². The number of benzene rings is 2. The quantitative estimate of drug-likeness (QED) is 0.664. The Bertz CT molecular complexity index is 948. The van der Waals surface area contributed by atoms with Crippen molar-refractivity contribution in [1.29, 1.82) is 0 Å². The fourth-order valence-electron chi connectivity index (χ4n) is 2.32. The van der Waals surface area contributed by atoms with Crippen LogP contribution in [0.25, 0.3) is 0 Å². The Kier molecular flexibility index (Phi) is 5.73. The van der Waals surface area contributed by atoms with Crippen LogP contribution in [-0.2, 0) is 0 Å². The third-order valence-electron chi connectivity index (χ3n) is 3.65. The molecule has 138 valence electrons. The molecule has 0 saturated heterocycles. The maximum Gasteiger partial charge on any atom is 0.276 e. The summed E-state index contributed by atoms with van der Waals surface area (Å²) in [5, 5.41) is 14.3. The number of hydrogen-bond acceptors (Lipinski definition) is 6. The Morgan fingerprint density at radius 2 is 1.85 bits per heavy atom. The highest BCUT2D eigenvalue weighted by Gasteiger charge is 2.10.